The molecule has 12 rings (SSSR count). The van der Waals surface area contributed by atoms with Crippen molar-refractivity contribution in [1.82, 2.24) is 4.98 Å². The maximum atomic E-state index is 6.47. The van der Waals surface area contributed by atoms with Crippen molar-refractivity contribution < 1.29 is 8.83 Å². The Balaban J connectivity index is 1.02. The third-order valence-electron chi connectivity index (χ3n) is 11.9. The van der Waals surface area contributed by atoms with Gasteiger partial charge in [-0.05, 0) is 88.5 Å². The van der Waals surface area contributed by atoms with E-state index in [1.807, 2.05) is 53.8 Å². The standard InChI is InChI=1S/C52H34N2O2S/c1-52(2)40-17-8-6-15-38(40)50-41(52)18-11-19-43(50)54(34-26-27-37-36-14-7-9-21-47(36)57-48(37)28-34)33-24-22-31(23-25-33)35-16-10-20-44-49(35)39-29-46-42(30-45(39)55-44)53-51(56-46)32-12-4-3-5-13-32/h3-30H,1-2H3. The van der Waals surface area contributed by atoms with Gasteiger partial charge in [0.05, 0.1) is 5.69 Å². The van der Waals surface area contributed by atoms with E-state index in [-0.39, 0.29) is 5.41 Å². The zero-order chi connectivity index (χ0) is 37.8. The predicted octanol–water partition coefficient (Wildman–Crippen LogP) is 15.2. The van der Waals surface area contributed by atoms with Crippen molar-refractivity contribution in [2.45, 2.75) is 19.3 Å². The Hall–Kier alpha value is -6.95. The molecule has 8 aromatic carbocycles. The van der Waals surface area contributed by atoms with Crippen molar-refractivity contribution in [3.63, 3.8) is 0 Å². The quantitative estimate of drug-likeness (QED) is 0.176. The van der Waals surface area contributed by atoms with Gasteiger partial charge < -0.3 is 13.7 Å². The van der Waals surface area contributed by atoms with Crippen LogP contribution in [0.4, 0.5) is 17.1 Å². The summed E-state index contributed by atoms with van der Waals surface area (Å²) >= 11 is 1.85. The minimum atomic E-state index is -0.112. The SMILES string of the molecule is CC1(C)c2ccccc2-c2c(N(c3ccc(-c4cccc5oc6cc7nc(-c8ccccc8)oc7cc6c45)cc3)c3ccc4c(c3)sc3ccccc34)cccc21. The Morgan fingerprint density at radius 2 is 1.25 bits per heavy atom. The zero-order valence-corrected chi connectivity index (χ0v) is 32.1. The summed E-state index contributed by atoms with van der Waals surface area (Å²) in [6, 6.07) is 60.8. The lowest BCUT2D eigenvalue weighted by Crippen LogP contribution is -2.16. The molecule has 0 spiro atoms. The van der Waals surface area contributed by atoms with Gasteiger partial charge in [0, 0.05) is 64.9 Å². The molecule has 0 unspecified atom stereocenters. The van der Waals surface area contributed by atoms with Crippen molar-refractivity contribution in [2.75, 3.05) is 4.90 Å². The smallest absolute Gasteiger partial charge is 0.227 e. The molecule has 0 aliphatic heterocycles. The van der Waals surface area contributed by atoms with Gasteiger partial charge in [-0.3, -0.25) is 0 Å². The first kappa shape index (κ1) is 32.3. The molecule has 1 aliphatic carbocycles. The van der Waals surface area contributed by atoms with Crippen LogP contribution in [0.15, 0.2) is 179 Å². The van der Waals surface area contributed by atoms with E-state index in [4.69, 9.17) is 13.8 Å². The number of benzene rings is 8. The third kappa shape index (κ3) is 4.82. The van der Waals surface area contributed by atoms with E-state index in [2.05, 4.69) is 146 Å². The van der Waals surface area contributed by atoms with Crippen LogP contribution in [0.2, 0.25) is 0 Å². The monoisotopic (exact) mass is 750 g/mol. The number of thiophene rings is 1. The number of oxazole rings is 1. The van der Waals surface area contributed by atoms with Gasteiger partial charge in [-0.15, -0.1) is 11.3 Å². The van der Waals surface area contributed by atoms with Crippen LogP contribution in [0.3, 0.4) is 0 Å². The lowest BCUT2D eigenvalue weighted by molar-refractivity contribution is 0.620. The molecule has 3 heterocycles. The fourth-order valence-corrected chi connectivity index (χ4v) is 10.3. The Morgan fingerprint density at radius 1 is 0.509 bits per heavy atom. The molecule has 0 saturated heterocycles. The Bertz CT molecular complexity index is 3390. The van der Waals surface area contributed by atoms with E-state index in [9.17, 15) is 0 Å². The van der Waals surface area contributed by atoms with Crippen LogP contribution in [0.5, 0.6) is 0 Å². The van der Waals surface area contributed by atoms with Crippen LogP contribution in [0, 0.1) is 0 Å². The van der Waals surface area contributed by atoms with Gasteiger partial charge in [0.1, 0.15) is 16.7 Å². The molecular weight excluding hydrogens is 717 g/mol. The fraction of sp³-hybridized carbons (Fsp3) is 0.0577. The molecule has 11 aromatic rings. The first-order valence-corrected chi connectivity index (χ1v) is 20.2. The molecule has 270 valence electrons. The number of hydrogen-bond acceptors (Lipinski definition) is 5. The third-order valence-corrected chi connectivity index (χ3v) is 13.0. The first-order chi connectivity index (χ1) is 28.0. The van der Waals surface area contributed by atoms with E-state index in [1.165, 1.54) is 48.1 Å². The zero-order valence-electron chi connectivity index (χ0n) is 31.3. The largest absolute Gasteiger partial charge is 0.456 e. The van der Waals surface area contributed by atoms with E-state index < -0.39 is 0 Å². The van der Waals surface area contributed by atoms with Gasteiger partial charge in [-0.25, -0.2) is 4.98 Å². The predicted molar refractivity (Wildman–Crippen MR) is 237 cm³/mol. The molecule has 0 saturated carbocycles. The lowest BCUT2D eigenvalue weighted by Gasteiger charge is -2.29. The maximum Gasteiger partial charge on any atom is 0.227 e. The molecule has 5 heteroatoms. The second-order valence-electron chi connectivity index (χ2n) is 15.5. The number of rotatable bonds is 5. The van der Waals surface area contributed by atoms with Gasteiger partial charge in [-0.2, -0.15) is 0 Å². The molecule has 4 nitrogen and oxygen atoms in total. The Morgan fingerprint density at radius 3 is 2.14 bits per heavy atom. The number of fused-ring (bicyclic) bond motifs is 10. The average molecular weight is 751 g/mol. The highest BCUT2D eigenvalue weighted by Crippen LogP contribution is 2.54. The summed E-state index contributed by atoms with van der Waals surface area (Å²) in [4.78, 5) is 7.25. The summed E-state index contributed by atoms with van der Waals surface area (Å²) in [5.41, 5.74) is 14.9. The summed E-state index contributed by atoms with van der Waals surface area (Å²) in [7, 11) is 0. The van der Waals surface area contributed by atoms with E-state index in [1.54, 1.807) is 0 Å². The van der Waals surface area contributed by atoms with E-state index in [0.29, 0.717) is 5.89 Å². The molecule has 0 amide bonds. The van der Waals surface area contributed by atoms with Crippen molar-refractivity contribution in [2.24, 2.45) is 0 Å². The molecule has 57 heavy (non-hydrogen) atoms. The van der Waals surface area contributed by atoms with Crippen LogP contribution >= 0.6 is 11.3 Å². The number of hydrogen-bond donors (Lipinski definition) is 0. The van der Waals surface area contributed by atoms with E-state index in [0.717, 1.165) is 61.1 Å². The van der Waals surface area contributed by atoms with Crippen molar-refractivity contribution in [3.05, 3.63) is 181 Å². The maximum absolute atomic E-state index is 6.47. The summed E-state index contributed by atoms with van der Waals surface area (Å²) in [5.74, 6) is 0.602. The highest BCUT2D eigenvalue weighted by molar-refractivity contribution is 7.25. The molecule has 0 fully saturated rings. The Labute approximate surface area is 332 Å². The molecule has 0 radical (unpaired) electrons. The minimum Gasteiger partial charge on any atom is -0.456 e. The van der Waals surface area contributed by atoms with Gasteiger partial charge in [0.15, 0.2) is 5.58 Å². The van der Waals surface area contributed by atoms with Crippen LogP contribution in [-0.4, -0.2) is 4.98 Å². The molecular formula is C52H34N2O2S. The van der Waals surface area contributed by atoms with Gasteiger partial charge in [0.2, 0.25) is 5.89 Å². The Kier molecular flexibility index (Phi) is 6.82. The minimum absolute atomic E-state index is 0.112. The van der Waals surface area contributed by atoms with Crippen molar-refractivity contribution >= 4 is 81.6 Å². The molecule has 0 atom stereocenters. The number of anilines is 3. The first-order valence-electron chi connectivity index (χ1n) is 19.4. The molecule has 3 aromatic heterocycles. The highest BCUT2D eigenvalue weighted by atomic mass is 32.1. The summed E-state index contributed by atoms with van der Waals surface area (Å²) in [5, 5.41) is 4.66. The summed E-state index contributed by atoms with van der Waals surface area (Å²) < 4.78 is 15.4. The molecule has 0 N–H and O–H groups in total. The van der Waals surface area contributed by atoms with Crippen molar-refractivity contribution in [1.29, 1.82) is 0 Å². The van der Waals surface area contributed by atoms with Crippen LogP contribution in [0.25, 0.3) is 86.9 Å². The molecule has 1 aliphatic rings. The van der Waals surface area contributed by atoms with Gasteiger partial charge >= 0.3 is 0 Å². The molecule has 0 bridgehead atoms. The van der Waals surface area contributed by atoms with Crippen molar-refractivity contribution in [3.8, 4) is 33.7 Å². The summed E-state index contributed by atoms with van der Waals surface area (Å²) in [6.07, 6.45) is 0. The number of nitrogens with zero attached hydrogens (tertiary/aromatic N) is 2. The number of aromatic nitrogens is 1. The average Bonchev–Trinajstić information content (AvgIpc) is 4.00. The second-order valence-corrected chi connectivity index (χ2v) is 16.6. The van der Waals surface area contributed by atoms with Crippen LogP contribution < -0.4 is 4.90 Å². The number of furan rings is 1. The van der Waals surface area contributed by atoms with E-state index >= 15 is 0 Å². The topological polar surface area (TPSA) is 42.4 Å². The second kappa shape index (κ2) is 12.0. The lowest BCUT2D eigenvalue weighted by atomic mass is 9.82. The highest BCUT2D eigenvalue weighted by Gasteiger charge is 2.37. The van der Waals surface area contributed by atoms with Crippen LogP contribution in [-0.2, 0) is 5.41 Å². The summed E-state index contributed by atoms with van der Waals surface area (Å²) in [6.45, 7) is 4.69. The normalized spacial score (nSPS) is 13.2. The van der Waals surface area contributed by atoms with Crippen LogP contribution in [0.1, 0.15) is 25.0 Å². The fourth-order valence-electron chi connectivity index (χ4n) is 9.18. The van der Waals surface area contributed by atoms with Gasteiger partial charge in [-0.1, -0.05) is 117 Å². The van der Waals surface area contributed by atoms with Gasteiger partial charge in [0.25, 0.3) is 0 Å².